The molecular formula is C13H13BrClN. The van der Waals surface area contributed by atoms with E-state index in [9.17, 15) is 0 Å². The molecule has 0 bridgehead atoms. The van der Waals surface area contributed by atoms with Crippen LogP contribution in [-0.2, 0) is 0 Å². The highest BCUT2D eigenvalue weighted by molar-refractivity contribution is 9.10. The van der Waals surface area contributed by atoms with Gasteiger partial charge in [-0.2, -0.15) is 5.26 Å². The van der Waals surface area contributed by atoms with Gasteiger partial charge in [0.1, 0.15) is 0 Å². The maximum Gasteiger partial charge on any atom is 0.0962 e. The van der Waals surface area contributed by atoms with E-state index in [-0.39, 0.29) is 0 Å². The highest BCUT2D eigenvalue weighted by Gasteiger charge is 2.07. The molecular weight excluding hydrogens is 286 g/mol. The van der Waals surface area contributed by atoms with E-state index in [0.29, 0.717) is 10.6 Å². The summed E-state index contributed by atoms with van der Waals surface area (Å²) >= 11 is 9.66. The van der Waals surface area contributed by atoms with Gasteiger partial charge in [0.05, 0.1) is 11.1 Å². The molecule has 3 heteroatoms. The quantitative estimate of drug-likeness (QED) is 0.718. The molecule has 0 atom stereocenters. The zero-order valence-corrected chi connectivity index (χ0v) is 11.7. The van der Waals surface area contributed by atoms with Crippen LogP contribution in [0, 0.1) is 18.3 Å². The molecule has 0 unspecified atom stereocenters. The van der Waals surface area contributed by atoms with Crippen LogP contribution in [0.4, 0.5) is 0 Å². The summed E-state index contributed by atoms with van der Waals surface area (Å²) in [7, 11) is 0. The van der Waals surface area contributed by atoms with E-state index >= 15 is 0 Å². The minimum absolute atomic E-state index is 0.564. The van der Waals surface area contributed by atoms with Gasteiger partial charge in [-0.3, -0.25) is 0 Å². The van der Waals surface area contributed by atoms with Gasteiger partial charge < -0.3 is 0 Å². The Kier molecular flexibility index (Phi) is 5.05. The summed E-state index contributed by atoms with van der Waals surface area (Å²) in [4.78, 5) is 0. The Morgan fingerprint density at radius 1 is 1.44 bits per heavy atom. The molecule has 0 fully saturated rings. The fraction of sp³-hybridized carbons (Fsp3) is 0.308. The van der Waals surface area contributed by atoms with E-state index in [1.54, 1.807) is 0 Å². The second kappa shape index (κ2) is 6.08. The van der Waals surface area contributed by atoms with Crippen LogP contribution in [0.2, 0.25) is 0 Å². The number of hydrogen-bond donors (Lipinski definition) is 0. The Hall–Kier alpha value is -0.780. The van der Waals surface area contributed by atoms with E-state index < -0.39 is 0 Å². The van der Waals surface area contributed by atoms with Crippen molar-refractivity contribution in [3.05, 3.63) is 39.4 Å². The predicted molar refractivity (Wildman–Crippen MR) is 72.2 cm³/mol. The van der Waals surface area contributed by atoms with E-state index in [0.717, 1.165) is 28.4 Å². The summed E-state index contributed by atoms with van der Waals surface area (Å²) in [6, 6.07) is 8.11. The molecule has 0 saturated heterocycles. The molecule has 0 amide bonds. The Labute approximate surface area is 110 Å². The van der Waals surface area contributed by atoms with E-state index in [1.807, 2.05) is 32.0 Å². The third-order valence-corrected chi connectivity index (χ3v) is 3.10. The largest absolute Gasteiger partial charge is 0.193 e. The van der Waals surface area contributed by atoms with Crippen LogP contribution in [-0.4, -0.2) is 0 Å². The van der Waals surface area contributed by atoms with Crippen molar-refractivity contribution in [2.24, 2.45) is 0 Å². The lowest BCUT2D eigenvalue weighted by Gasteiger charge is -2.05. The van der Waals surface area contributed by atoms with Crippen LogP contribution in [0.1, 0.15) is 30.9 Å². The normalized spacial score (nSPS) is 11.9. The first-order valence-corrected chi connectivity index (χ1v) is 6.32. The topological polar surface area (TPSA) is 23.8 Å². The molecule has 0 aliphatic rings. The van der Waals surface area contributed by atoms with Gasteiger partial charge in [0.2, 0.25) is 0 Å². The summed E-state index contributed by atoms with van der Waals surface area (Å²) < 4.78 is 0.981. The van der Waals surface area contributed by atoms with Crippen LogP contribution in [0.3, 0.4) is 0 Å². The first-order chi connectivity index (χ1) is 7.58. The highest BCUT2D eigenvalue weighted by Crippen LogP contribution is 2.28. The van der Waals surface area contributed by atoms with Crippen LogP contribution < -0.4 is 0 Å². The Morgan fingerprint density at radius 3 is 2.62 bits per heavy atom. The molecule has 0 N–H and O–H groups in total. The number of rotatable bonds is 3. The molecule has 16 heavy (non-hydrogen) atoms. The average Bonchev–Trinajstić information content (AvgIpc) is 2.23. The number of halogens is 2. The molecule has 1 nitrogen and oxygen atoms in total. The number of allylic oxidation sites excluding steroid dienone is 1. The van der Waals surface area contributed by atoms with Crippen molar-refractivity contribution in [2.75, 3.05) is 0 Å². The average molecular weight is 299 g/mol. The molecule has 0 radical (unpaired) electrons. The molecule has 0 aliphatic heterocycles. The van der Waals surface area contributed by atoms with Crippen molar-refractivity contribution in [3.8, 4) is 6.07 Å². The standard InChI is InChI=1S/C13H13BrClN/c1-3-4-10(8-16)13(15)11-5-9(2)6-12(14)7-11/h5-7H,3-4H2,1-2H3/b13-10-. The zero-order chi connectivity index (χ0) is 12.1. The van der Waals surface area contributed by atoms with E-state index in [4.69, 9.17) is 16.9 Å². The lowest BCUT2D eigenvalue weighted by molar-refractivity contribution is 0.933. The molecule has 0 aliphatic carbocycles. The molecule has 0 aromatic heterocycles. The van der Waals surface area contributed by atoms with Crippen LogP contribution in [0.5, 0.6) is 0 Å². The minimum Gasteiger partial charge on any atom is -0.193 e. The van der Waals surface area contributed by atoms with Gasteiger partial charge in [-0.15, -0.1) is 0 Å². The van der Waals surface area contributed by atoms with E-state index in [2.05, 4.69) is 22.0 Å². The molecule has 0 spiro atoms. The van der Waals surface area contributed by atoms with Crippen molar-refractivity contribution in [1.29, 1.82) is 5.26 Å². The third kappa shape index (κ3) is 3.37. The summed E-state index contributed by atoms with van der Waals surface area (Å²) in [6.07, 6.45) is 1.65. The van der Waals surface area contributed by atoms with Gasteiger partial charge in [-0.25, -0.2) is 0 Å². The van der Waals surface area contributed by atoms with Crippen LogP contribution in [0.15, 0.2) is 28.2 Å². The summed E-state index contributed by atoms with van der Waals surface area (Å²) in [5.74, 6) is 0. The van der Waals surface area contributed by atoms with E-state index in [1.165, 1.54) is 0 Å². The predicted octanol–water partition coefficient (Wildman–Crippen LogP) is 5.03. The number of benzene rings is 1. The second-order valence-corrected chi connectivity index (χ2v) is 4.97. The highest BCUT2D eigenvalue weighted by atomic mass is 79.9. The Morgan fingerprint density at radius 2 is 2.12 bits per heavy atom. The smallest absolute Gasteiger partial charge is 0.0962 e. The molecule has 1 aromatic rings. The summed E-state index contributed by atoms with van der Waals surface area (Å²) in [5, 5.41) is 9.59. The molecule has 0 saturated carbocycles. The first kappa shape index (κ1) is 13.3. The molecule has 1 aromatic carbocycles. The fourth-order valence-electron chi connectivity index (χ4n) is 1.50. The number of aryl methyl sites for hydroxylation is 1. The Bertz CT molecular complexity index is 437. The van der Waals surface area contributed by atoms with Gasteiger partial charge >= 0.3 is 0 Å². The van der Waals surface area contributed by atoms with Crippen LogP contribution in [0.25, 0.3) is 5.03 Å². The van der Waals surface area contributed by atoms with Crippen LogP contribution >= 0.6 is 27.5 Å². The van der Waals surface area contributed by atoms with Crippen molar-refractivity contribution < 1.29 is 0 Å². The van der Waals surface area contributed by atoms with Crippen molar-refractivity contribution in [2.45, 2.75) is 26.7 Å². The fourth-order valence-corrected chi connectivity index (χ4v) is 2.36. The maximum atomic E-state index is 9.02. The molecule has 84 valence electrons. The number of nitriles is 1. The maximum absolute atomic E-state index is 9.02. The Balaban J connectivity index is 3.22. The van der Waals surface area contributed by atoms with Gasteiger partial charge in [-0.05, 0) is 36.6 Å². The SMILES string of the molecule is CCC/C(C#N)=C(/Cl)c1cc(C)cc(Br)c1. The molecule has 0 heterocycles. The third-order valence-electron chi connectivity index (χ3n) is 2.20. The lowest BCUT2D eigenvalue weighted by atomic mass is 10.1. The number of nitrogens with zero attached hydrogens (tertiary/aromatic N) is 1. The lowest BCUT2D eigenvalue weighted by Crippen LogP contribution is -1.87. The number of hydrogen-bond acceptors (Lipinski definition) is 1. The van der Waals surface area contributed by atoms with Gasteiger partial charge in [-0.1, -0.05) is 46.9 Å². The monoisotopic (exact) mass is 297 g/mol. The van der Waals surface area contributed by atoms with Crippen molar-refractivity contribution in [3.63, 3.8) is 0 Å². The molecule has 1 rings (SSSR count). The van der Waals surface area contributed by atoms with Gasteiger partial charge in [0.25, 0.3) is 0 Å². The minimum atomic E-state index is 0.564. The second-order valence-electron chi connectivity index (χ2n) is 3.67. The summed E-state index contributed by atoms with van der Waals surface area (Å²) in [6.45, 7) is 4.04. The van der Waals surface area contributed by atoms with Gasteiger partial charge in [0, 0.05) is 10.0 Å². The van der Waals surface area contributed by atoms with Crippen molar-refractivity contribution >= 4 is 32.6 Å². The van der Waals surface area contributed by atoms with Crippen molar-refractivity contribution in [1.82, 2.24) is 0 Å². The summed E-state index contributed by atoms with van der Waals surface area (Å²) in [5.41, 5.74) is 2.68. The first-order valence-electron chi connectivity index (χ1n) is 5.14. The van der Waals surface area contributed by atoms with Gasteiger partial charge in [0.15, 0.2) is 0 Å². The zero-order valence-electron chi connectivity index (χ0n) is 9.35.